The van der Waals surface area contributed by atoms with Crippen molar-refractivity contribution in [3.63, 3.8) is 0 Å². The van der Waals surface area contributed by atoms with E-state index in [1.165, 1.54) is 12.3 Å². The van der Waals surface area contributed by atoms with E-state index in [2.05, 4.69) is 10.3 Å². The Labute approximate surface area is 165 Å². The number of nitrogens with one attached hydrogen (secondary N) is 1. The van der Waals surface area contributed by atoms with Crippen LogP contribution >= 0.6 is 0 Å². The second kappa shape index (κ2) is 7.87. The zero-order valence-corrected chi connectivity index (χ0v) is 15.6. The van der Waals surface area contributed by atoms with Gasteiger partial charge in [-0.3, -0.25) is 4.79 Å². The summed E-state index contributed by atoms with van der Waals surface area (Å²) >= 11 is 0. The van der Waals surface area contributed by atoms with E-state index in [0.29, 0.717) is 5.76 Å². The number of hydrogen-bond acceptors (Lipinski definition) is 4. The monoisotopic (exact) mass is 396 g/mol. The fraction of sp³-hybridized carbons (Fsp3) is 0.182. The number of hydrogen-bond donors (Lipinski definition) is 1. The van der Waals surface area contributed by atoms with Gasteiger partial charge in [-0.25, -0.2) is 13.8 Å². The Bertz CT molecular complexity index is 1110. The van der Waals surface area contributed by atoms with Crippen molar-refractivity contribution in [2.75, 3.05) is 0 Å². The highest BCUT2D eigenvalue weighted by atomic mass is 19.1. The molecular weight excluding hydrogens is 378 g/mol. The Balaban J connectivity index is 1.37. The molecule has 4 rings (SSSR count). The molecule has 29 heavy (non-hydrogen) atoms. The lowest BCUT2D eigenvalue weighted by Gasteiger charge is -2.10. The van der Waals surface area contributed by atoms with Crippen molar-refractivity contribution in [3.8, 4) is 11.3 Å². The number of oxazole rings is 1. The molecule has 2 aromatic heterocycles. The summed E-state index contributed by atoms with van der Waals surface area (Å²) in [6.45, 7) is 1.83. The zero-order chi connectivity index (χ0) is 20.4. The molecule has 2 heterocycles. The molecule has 148 valence electrons. The first-order valence-electron chi connectivity index (χ1n) is 9.18. The molecule has 1 amide bonds. The van der Waals surface area contributed by atoms with E-state index in [-0.39, 0.29) is 42.0 Å². The second-order valence-corrected chi connectivity index (χ2v) is 6.69. The van der Waals surface area contributed by atoms with E-state index in [1.54, 1.807) is 0 Å². The van der Waals surface area contributed by atoms with Crippen molar-refractivity contribution in [2.45, 2.75) is 25.8 Å². The fourth-order valence-corrected chi connectivity index (χ4v) is 3.10. The van der Waals surface area contributed by atoms with Crippen LogP contribution in [0.25, 0.3) is 22.3 Å². The SMILES string of the molecule is CC(NC(=O)CCc1ncc(-c2c(F)cccc2F)o1)c1cc2ccccc2o1. The fourth-order valence-electron chi connectivity index (χ4n) is 3.10. The maximum absolute atomic E-state index is 13.8. The van der Waals surface area contributed by atoms with Crippen molar-refractivity contribution >= 4 is 16.9 Å². The molecule has 0 saturated carbocycles. The molecule has 2 aromatic carbocycles. The summed E-state index contributed by atoms with van der Waals surface area (Å²) in [5.41, 5.74) is 0.491. The molecule has 1 atom stereocenters. The third-order valence-corrected chi connectivity index (χ3v) is 4.58. The van der Waals surface area contributed by atoms with Crippen LogP contribution in [-0.4, -0.2) is 10.9 Å². The first-order valence-corrected chi connectivity index (χ1v) is 9.18. The van der Waals surface area contributed by atoms with E-state index in [1.807, 2.05) is 37.3 Å². The second-order valence-electron chi connectivity index (χ2n) is 6.69. The smallest absolute Gasteiger partial charge is 0.221 e. The summed E-state index contributed by atoms with van der Waals surface area (Å²) in [6.07, 6.45) is 1.57. The quantitative estimate of drug-likeness (QED) is 0.488. The number of amides is 1. The van der Waals surface area contributed by atoms with Gasteiger partial charge in [0.25, 0.3) is 0 Å². The number of rotatable bonds is 6. The lowest BCUT2D eigenvalue weighted by atomic mass is 10.1. The summed E-state index contributed by atoms with van der Waals surface area (Å²) in [4.78, 5) is 16.3. The molecule has 4 aromatic rings. The maximum atomic E-state index is 13.8. The minimum atomic E-state index is -0.731. The minimum absolute atomic E-state index is 0.00773. The van der Waals surface area contributed by atoms with Gasteiger partial charge in [0.1, 0.15) is 23.0 Å². The largest absolute Gasteiger partial charge is 0.459 e. The molecule has 7 heteroatoms. The lowest BCUT2D eigenvalue weighted by Crippen LogP contribution is -2.26. The van der Waals surface area contributed by atoms with Crippen LogP contribution in [0.3, 0.4) is 0 Å². The van der Waals surface area contributed by atoms with E-state index >= 15 is 0 Å². The Morgan fingerprint density at radius 3 is 2.62 bits per heavy atom. The molecule has 0 spiro atoms. The van der Waals surface area contributed by atoms with Gasteiger partial charge in [-0.1, -0.05) is 24.3 Å². The summed E-state index contributed by atoms with van der Waals surface area (Å²) in [7, 11) is 0. The molecule has 5 nitrogen and oxygen atoms in total. The Morgan fingerprint density at radius 2 is 1.86 bits per heavy atom. The number of aryl methyl sites for hydroxylation is 1. The maximum Gasteiger partial charge on any atom is 0.221 e. The number of fused-ring (bicyclic) bond motifs is 1. The highest BCUT2D eigenvalue weighted by Gasteiger charge is 2.18. The van der Waals surface area contributed by atoms with Gasteiger partial charge >= 0.3 is 0 Å². The van der Waals surface area contributed by atoms with Gasteiger partial charge in [-0.15, -0.1) is 0 Å². The highest BCUT2D eigenvalue weighted by molar-refractivity contribution is 5.79. The molecule has 0 bridgehead atoms. The number of aromatic nitrogens is 1. The topological polar surface area (TPSA) is 68.3 Å². The molecule has 0 radical (unpaired) electrons. The van der Waals surface area contributed by atoms with Crippen LogP contribution in [0.5, 0.6) is 0 Å². The van der Waals surface area contributed by atoms with Crippen molar-refractivity contribution in [1.82, 2.24) is 10.3 Å². The first-order chi connectivity index (χ1) is 14.0. The first kappa shape index (κ1) is 18.9. The van der Waals surface area contributed by atoms with Crippen molar-refractivity contribution in [1.29, 1.82) is 0 Å². The van der Waals surface area contributed by atoms with Crippen LogP contribution in [-0.2, 0) is 11.2 Å². The van der Waals surface area contributed by atoms with Gasteiger partial charge in [0.2, 0.25) is 5.91 Å². The highest BCUT2D eigenvalue weighted by Crippen LogP contribution is 2.27. The van der Waals surface area contributed by atoms with Crippen molar-refractivity contribution < 1.29 is 22.4 Å². The predicted octanol–water partition coefficient (Wildman–Crippen LogP) is 5.18. The number of carbonyl (C=O) groups excluding carboxylic acids is 1. The van der Waals surface area contributed by atoms with Crippen molar-refractivity contribution in [2.24, 2.45) is 0 Å². The molecule has 1 N–H and O–H groups in total. The van der Waals surface area contributed by atoms with Gasteiger partial charge in [0, 0.05) is 18.2 Å². The van der Waals surface area contributed by atoms with E-state index < -0.39 is 11.6 Å². The van der Waals surface area contributed by atoms with Gasteiger partial charge in [-0.05, 0) is 31.2 Å². The number of benzene rings is 2. The number of nitrogens with zero attached hydrogens (tertiary/aromatic N) is 1. The molecule has 0 aliphatic heterocycles. The van der Waals surface area contributed by atoms with Gasteiger partial charge < -0.3 is 14.2 Å². The average Bonchev–Trinajstić information content (AvgIpc) is 3.33. The van der Waals surface area contributed by atoms with Crippen LogP contribution in [0.2, 0.25) is 0 Å². The Morgan fingerprint density at radius 1 is 1.10 bits per heavy atom. The van der Waals surface area contributed by atoms with Crippen molar-refractivity contribution in [3.05, 3.63) is 78.0 Å². The molecule has 1 unspecified atom stereocenters. The summed E-state index contributed by atoms with van der Waals surface area (Å²) in [5.74, 6) is -0.793. The van der Waals surface area contributed by atoms with E-state index in [0.717, 1.165) is 23.1 Å². The van der Waals surface area contributed by atoms with Crippen LogP contribution in [0.1, 0.15) is 31.0 Å². The molecule has 0 fully saturated rings. The van der Waals surface area contributed by atoms with Gasteiger partial charge in [0.05, 0.1) is 17.8 Å². The predicted molar refractivity (Wildman–Crippen MR) is 103 cm³/mol. The number of halogens is 2. The summed E-state index contributed by atoms with van der Waals surface area (Å²) < 4.78 is 38.9. The number of carbonyl (C=O) groups is 1. The van der Waals surface area contributed by atoms with Crippen LogP contribution in [0.4, 0.5) is 8.78 Å². The lowest BCUT2D eigenvalue weighted by molar-refractivity contribution is -0.121. The normalized spacial score (nSPS) is 12.2. The number of para-hydroxylation sites is 1. The Kier molecular flexibility index (Phi) is 5.12. The van der Waals surface area contributed by atoms with Crippen LogP contribution in [0, 0.1) is 11.6 Å². The standard InChI is InChI=1S/C22H18F2N2O3/c1-13(18-11-14-5-2-3-8-17(14)28-18)26-20(27)9-10-21-25-12-19(29-21)22-15(23)6-4-7-16(22)24/h2-8,11-13H,9-10H2,1H3,(H,26,27). The summed E-state index contributed by atoms with van der Waals surface area (Å²) in [6, 6.07) is 12.8. The number of furan rings is 1. The molecule has 0 saturated heterocycles. The van der Waals surface area contributed by atoms with Crippen LogP contribution < -0.4 is 5.32 Å². The molecular formula is C22H18F2N2O3. The average molecular weight is 396 g/mol. The third-order valence-electron chi connectivity index (χ3n) is 4.58. The zero-order valence-electron chi connectivity index (χ0n) is 15.6. The van der Waals surface area contributed by atoms with E-state index in [9.17, 15) is 13.6 Å². The van der Waals surface area contributed by atoms with Gasteiger partial charge in [0.15, 0.2) is 11.7 Å². The van der Waals surface area contributed by atoms with E-state index in [4.69, 9.17) is 8.83 Å². The summed E-state index contributed by atoms with van der Waals surface area (Å²) in [5, 5.41) is 3.83. The Hall–Kier alpha value is -3.48. The molecule has 0 aliphatic carbocycles. The third kappa shape index (κ3) is 4.03. The molecule has 0 aliphatic rings. The van der Waals surface area contributed by atoms with Gasteiger partial charge in [-0.2, -0.15) is 0 Å². The minimum Gasteiger partial charge on any atom is -0.459 e. The van der Waals surface area contributed by atoms with Crippen LogP contribution in [0.15, 0.2) is 63.6 Å².